The van der Waals surface area contributed by atoms with Gasteiger partial charge in [0.2, 0.25) is 11.8 Å². The fourth-order valence-electron chi connectivity index (χ4n) is 3.43. The van der Waals surface area contributed by atoms with Crippen molar-refractivity contribution in [2.45, 2.75) is 12.8 Å². The van der Waals surface area contributed by atoms with E-state index < -0.39 is 12.5 Å². The normalized spacial score (nSPS) is 38.7. The molecule has 17 heavy (non-hydrogen) atoms. The van der Waals surface area contributed by atoms with Gasteiger partial charge >= 0.3 is 5.97 Å². The second-order valence-corrected chi connectivity index (χ2v) is 5.00. The molecule has 1 N–H and O–H groups in total. The van der Waals surface area contributed by atoms with Crippen LogP contribution in [0.25, 0.3) is 0 Å². The van der Waals surface area contributed by atoms with E-state index in [1.807, 2.05) is 12.2 Å². The number of carbonyl (C=O) groups is 3. The van der Waals surface area contributed by atoms with Gasteiger partial charge in [-0.3, -0.25) is 19.3 Å². The van der Waals surface area contributed by atoms with Crippen LogP contribution in [0.5, 0.6) is 0 Å². The van der Waals surface area contributed by atoms with E-state index in [0.717, 1.165) is 17.7 Å². The average Bonchev–Trinajstić information content (AvgIpc) is 2.57. The zero-order chi connectivity index (χ0) is 12.2. The van der Waals surface area contributed by atoms with E-state index in [-0.39, 0.29) is 35.5 Å². The Morgan fingerprint density at radius 2 is 1.65 bits per heavy atom. The van der Waals surface area contributed by atoms with E-state index in [2.05, 4.69) is 0 Å². The molecule has 0 spiro atoms. The highest BCUT2D eigenvalue weighted by molar-refractivity contribution is 6.07. The van der Waals surface area contributed by atoms with Crippen molar-refractivity contribution in [1.29, 1.82) is 0 Å². The summed E-state index contributed by atoms with van der Waals surface area (Å²) in [5.74, 6) is -2.06. The van der Waals surface area contributed by atoms with Crippen molar-refractivity contribution in [3.8, 4) is 0 Å². The van der Waals surface area contributed by atoms with Crippen LogP contribution >= 0.6 is 0 Å². The van der Waals surface area contributed by atoms with E-state index in [9.17, 15) is 14.4 Å². The van der Waals surface area contributed by atoms with Crippen LogP contribution in [0.1, 0.15) is 12.8 Å². The molecule has 4 unspecified atom stereocenters. The predicted molar refractivity (Wildman–Crippen MR) is 56.7 cm³/mol. The van der Waals surface area contributed by atoms with Crippen molar-refractivity contribution in [3.05, 3.63) is 12.2 Å². The SMILES string of the molecule is O=C(O)CN1C(=O)C2C3C=CC(CC3)C2C1=O. The maximum atomic E-state index is 12.1. The number of nitrogens with zero attached hydrogens (tertiary/aromatic N) is 1. The van der Waals surface area contributed by atoms with Crippen molar-refractivity contribution < 1.29 is 19.5 Å². The summed E-state index contributed by atoms with van der Waals surface area (Å²) in [7, 11) is 0. The largest absolute Gasteiger partial charge is 0.480 e. The Kier molecular flexibility index (Phi) is 2.11. The number of fused-ring (bicyclic) bond motifs is 1. The number of likely N-dealkylation sites (tertiary alicyclic amines) is 1. The lowest BCUT2D eigenvalue weighted by atomic mass is 9.63. The fraction of sp³-hybridized carbons (Fsp3) is 0.583. The van der Waals surface area contributed by atoms with Crippen molar-refractivity contribution in [2.24, 2.45) is 23.7 Å². The number of amides is 2. The minimum atomic E-state index is -1.13. The molecule has 2 fully saturated rings. The molecular formula is C12H13NO4. The number of aliphatic carboxylic acids is 1. The Bertz CT molecular complexity index is 410. The molecule has 3 aliphatic carbocycles. The molecule has 0 radical (unpaired) electrons. The smallest absolute Gasteiger partial charge is 0.323 e. The van der Waals surface area contributed by atoms with Gasteiger partial charge in [-0.2, -0.15) is 0 Å². The highest BCUT2D eigenvalue weighted by Gasteiger charge is 2.56. The standard InChI is InChI=1S/C12H13NO4/c14-8(15)5-13-11(16)9-6-1-2-7(4-3-6)10(9)12(13)17/h1-2,6-7,9-10H,3-5H2,(H,14,15). The van der Waals surface area contributed by atoms with E-state index in [1.165, 1.54) is 0 Å². The second kappa shape index (κ2) is 3.42. The third-order valence-corrected chi connectivity index (χ3v) is 4.14. The lowest BCUT2D eigenvalue weighted by molar-refractivity contribution is -0.149. The fourth-order valence-corrected chi connectivity index (χ4v) is 3.43. The third kappa shape index (κ3) is 1.34. The molecule has 1 saturated heterocycles. The highest BCUT2D eigenvalue weighted by Crippen LogP contribution is 2.49. The summed E-state index contributed by atoms with van der Waals surface area (Å²) in [6.07, 6.45) is 5.90. The molecule has 0 aromatic carbocycles. The zero-order valence-electron chi connectivity index (χ0n) is 9.20. The van der Waals surface area contributed by atoms with Crippen molar-refractivity contribution >= 4 is 17.8 Å². The number of carboxylic acids is 1. The first kappa shape index (κ1) is 10.5. The summed E-state index contributed by atoms with van der Waals surface area (Å²) in [6, 6.07) is 0. The maximum absolute atomic E-state index is 12.1. The van der Waals surface area contributed by atoms with Crippen LogP contribution in [0.2, 0.25) is 0 Å². The van der Waals surface area contributed by atoms with Gasteiger partial charge in [-0.05, 0) is 24.7 Å². The van der Waals surface area contributed by atoms with Crippen LogP contribution in [0.3, 0.4) is 0 Å². The number of hydrogen-bond donors (Lipinski definition) is 1. The highest BCUT2D eigenvalue weighted by atomic mass is 16.4. The quantitative estimate of drug-likeness (QED) is 0.550. The van der Waals surface area contributed by atoms with Crippen LogP contribution < -0.4 is 0 Å². The summed E-state index contributed by atoms with van der Waals surface area (Å²) in [5, 5.41) is 8.73. The molecule has 1 aliphatic heterocycles. The van der Waals surface area contributed by atoms with Gasteiger partial charge in [0.05, 0.1) is 11.8 Å². The van der Waals surface area contributed by atoms with Crippen LogP contribution in [0.4, 0.5) is 0 Å². The van der Waals surface area contributed by atoms with Crippen LogP contribution in [0, 0.1) is 23.7 Å². The van der Waals surface area contributed by atoms with Gasteiger partial charge < -0.3 is 5.11 Å². The third-order valence-electron chi connectivity index (χ3n) is 4.14. The zero-order valence-corrected chi connectivity index (χ0v) is 9.20. The van der Waals surface area contributed by atoms with Gasteiger partial charge in [0.1, 0.15) is 6.54 Å². The molecule has 0 aromatic heterocycles. The van der Waals surface area contributed by atoms with Crippen molar-refractivity contribution in [3.63, 3.8) is 0 Å². The lowest BCUT2D eigenvalue weighted by Gasteiger charge is -2.38. The lowest BCUT2D eigenvalue weighted by Crippen LogP contribution is -2.38. The van der Waals surface area contributed by atoms with Gasteiger partial charge in [0.25, 0.3) is 0 Å². The Hall–Kier alpha value is -1.65. The monoisotopic (exact) mass is 235 g/mol. The summed E-state index contributed by atoms with van der Waals surface area (Å²) >= 11 is 0. The Labute approximate surface area is 98.1 Å². The number of rotatable bonds is 2. The first-order valence-corrected chi connectivity index (χ1v) is 5.85. The van der Waals surface area contributed by atoms with E-state index in [0.29, 0.717) is 0 Å². The molecule has 4 aliphatic rings. The minimum Gasteiger partial charge on any atom is -0.480 e. The summed E-state index contributed by atoms with van der Waals surface area (Å²) in [5.41, 5.74) is 0. The van der Waals surface area contributed by atoms with Gasteiger partial charge in [-0.1, -0.05) is 12.2 Å². The molecule has 2 amide bonds. The first-order chi connectivity index (χ1) is 8.09. The van der Waals surface area contributed by atoms with Gasteiger partial charge in [0.15, 0.2) is 0 Å². The average molecular weight is 235 g/mol. The molecule has 5 heteroatoms. The summed E-state index contributed by atoms with van der Waals surface area (Å²) in [4.78, 5) is 35.8. The number of imide groups is 1. The number of hydrogen-bond acceptors (Lipinski definition) is 3. The van der Waals surface area contributed by atoms with Gasteiger partial charge in [-0.25, -0.2) is 0 Å². The van der Waals surface area contributed by atoms with Crippen molar-refractivity contribution in [1.82, 2.24) is 4.90 Å². The van der Waals surface area contributed by atoms with Crippen LogP contribution in [-0.4, -0.2) is 34.3 Å². The van der Waals surface area contributed by atoms with Crippen LogP contribution in [-0.2, 0) is 14.4 Å². The molecular weight excluding hydrogens is 222 g/mol. The second-order valence-electron chi connectivity index (χ2n) is 5.00. The number of carbonyl (C=O) groups excluding carboxylic acids is 2. The number of allylic oxidation sites excluding steroid dienone is 2. The molecule has 4 atom stereocenters. The van der Waals surface area contributed by atoms with Crippen LogP contribution in [0.15, 0.2) is 12.2 Å². The molecule has 5 nitrogen and oxygen atoms in total. The maximum Gasteiger partial charge on any atom is 0.323 e. The topological polar surface area (TPSA) is 74.7 Å². The molecule has 4 rings (SSSR count). The molecule has 1 saturated carbocycles. The van der Waals surface area contributed by atoms with Gasteiger partial charge in [0, 0.05) is 0 Å². The van der Waals surface area contributed by atoms with E-state index in [4.69, 9.17) is 5.11 Å². The van der Waals surface area contributed by atoms with E-state index in [1.54, 1.807) is 0 Å². The molecule has 90 valence electrons. The van der Waals surface area contributed by atoms with Gasteiger partial charge in [-0.15, -0.1) is 0 Å². The molecule has 2 bridgehead atoms. The predicted octanol–water partition coefficient (Wildman–Crippen LogP) is 0.268. The number of carboxylic acid groups (broad SMARTS) is 1. The Morgan fingerprint density at radius 1 is 1.18 bits per heavy atom. The first-order valence-electron chi connectivity index (χ1n) is 5.85. The summed E-state index contributed by atoms with van der Waals surface area (Å²) in [6.45, 7) is -0.496. The minimum absolute atomic E-state index is 0.125. The van der Waals surface area contributed by atoms with Crippen molar-refractivity contribution in [2.75, 3.05) is 6.54 Å². The summed E-state index contributed by atoms with van der Waals surface area (Å²) < 4.78 is 0. The molecule has 0 aromatic rings. The Morgan fingerprint density at radius 3 is 2.00 bits per heavy atom. The molecule has 1 heterocycles. The van der Waals surface area contributed by atoms with E-state index >= 15 is 0 Å². The Balaban J connectivity index is 1.94.